The number of amides is 2. The average molecular weight is 427 g/mol. The Hall–Kier alpha value is -3.29. The number of nitrogens with zero attached hydrogens (tertiary/aromatic N) is 1. The highest BCUT2D eigenvalue weighted by Crippen LogP contribution is 2.26. The molecule has 0 aliphatic carbocycles. The fraction of sp³-hybridized carbons (Fsp3) is 0. The fourth-order valence-corrected chi connectivity index (χ4v) is 3.23. The smallest absolute Gasteiger partial charge is 0.270 e. The Morgan fingerprint density at radius 1 is 1.00 bits per heavy atom. The summed E-state index contributed by atoms with van der Waals surface area (Å²) in [7, 11) is 0. The second-order valence-electron chi connectivity index (χ2n) is 6.14. The van der Waals surface area contributed by atoms with Crippen molar-refractivity contribution in [1.29, 1.82) is 0 Å². The number of benzene rings is 2. The lowest BCUT2D eigenvalue weighted by Gasteiger charge is -2.28. The van der Waals surface area contributed by atoms with Crippen molar-refractivity contribution in [3.63, 3.8) is 0 Å². The van der Waals surface area contributed by atoms with E-state index in [-0.39, 0.29) is 10.7 Å². The molecule has 0 spiro atoms. The summed E-state index contributed by atoms with van der Waals surface area (Å²) in [4.78, 5) is 26.4. The Morgan fingerprint density at radius 3 is 2.38 bits per heavy atom. The molecule has 2 aromatic carbocycles. The molecule has 1 aliphatic heterocycles. The Kier molecular flexibility index (Phi) is 5.00. The Bertz CT molecular complexity index is 1150. The molecule has 144 valence electrons. The van der Waals surface area contributed by atoms with Crippen molar-refractivity contribution in [3.8, 4) is 11.3 Å². The Balaban J connectivity index is 1.66. The first-order valence-electron chi connectivity index (χ1n) is 8.45. The van der Waals surface area contributed by atoms with Gasteiger partial charge in [0.1, 0.15) is 22.9 Å². The highest BCUT2D eigenvalue weighted by molar-refractivity contribution is 7.80. The lowest BCUT2D eigenvalue weighted by atomic mass is 10.1. The van der Waals surface area contributed by atoms with Crippen LogP contribution in [0.1, 0.15) is 5.76 Å². The van der Waals surface area contributed by atoms with Crippen molar-refractivity contribution < 1.29 is 18.4 Å². The van der Waals surface area contributed by atoms with Crippen LogP contribution in [0.3, 0.4) is 0 Å². The van der Waals surface area contributed by atoms with Gasteiger partial charge in [0.15, 0.2) is 5.11 Å². The van der Waals surface area contributed by atoms with E-state index in [1.54, 1.807) is 36.4 Å². The molecule has 1 N–H and O–H groups in total. The van der Waals surface area contributed by atoms with Crippen molar-refractivity contribution >= 4 is 52.5 Å². The van der Waals surface area contributed by atoms with Crippen LogP contribution in [-0.2, 0) is 9.59 Å². The van der Waals surface area contributed by atoms with Gasteiger partial charge in [-0.3, -0.25) is 19.8 Å². The van der Waals surface area contributed by atoms with Crippen molar-refractivity contribution in [2.75, 3.05) is 4.90 Å². The summed E-state index contributed by atoms with van der Waals surface area (Å²) in [5.41, 5.74) is 0.987. The molecule has 0 radical (unpaired) electrons. The third-order valence-corrected chi connectivity index (χ3v) is 4.77. The monoisotopic (exact) mass is 426 g/mol. The summed E-state index contributed by atoms with van der Waals surface area (Å²) in [5.74, 6) is -0.838. The number of carbonyl (C=O) groups is 2. The second-order valence-corrected chi connectivity index (χ2v) is 6.97. The molecule has 29 heavy (non-hydrogen) atoms. The maximum atomic E-state index is 13.2. The molecular weight excluding hydrogens is 415 g/mol. The third-order valence-electron chi connectivity index (χ3n) is 4.23. The molecule has 1 fully saturated rings. The van der Waals surface area contributed by atoms with Crippen molar-refractivity contribution in [2.24, 2.45) is 0 Å². The van der Waals surface area contributed by atoms with E-state index in [1.165, 1.54) is 30.3 Å². The molecular formula is C21H12ClFN2O3S. The molecule has 0 atom stereocenters. The molecule has 5 nitrogen and oxygen atoms in total. The van der Waals surface area contributed by atoms with Crippen LogP contribution in [0.15, 0.2) is 70.7 Å². The number of rotatable bonds is 3. The van der Waals surface area contributed by atoms with Crippen LogP contribution in [0.2, 0.25) is 5.02 Å². The van der Waals surface area contributed by atoms with Gasteiger partial charge in [-0.05, 0) is 79.0 Å². The summed E-state index contributed by atoms with van der Waals surface area (Å²) >= 11 is 11.0. The van der Waals surface area contributed by atoms with Crippen LogP contribution < -0.4 is 10.2 Å². The number of hydrogen-bond acceptors (Lipinski definition) is 4. The van der Waals surface area contributed by atoms with E-state index in [4.69, 9.17) is 28.2 Å². The van der Waals surface area contributed by atoms with E-state index < -0.39 is 17.6 Å². The number of halogens is 2. The molecule has 0 saturated carbocycles. The van der Waals surface area contributed by atoms with Crippen LogP contribution in [0.5, 0.6) is 0 Å². The summed E-state index contributed by atoms with van der Waals surface area (Å²) in [6.07, 6.45) is 1.34. The van der Waals surface area contributed by atoms with Crippen LogP contribution in [-0.4, -0.2) is 16.9 Å². The van der Waals surface area contributed by atoms with E-state index >= 15 is 0 Å². The minimum atomic E-state index is -0.636. The molecule has 4 rings (SSSR count). The number of nitrogens with one attached hydrogen (secondary N) is 1. The molecule has 0 bridgehead atoms. The van der Waals surface area contributed by atoms with Gasteiger partial charge in [-0.15, -0.1) is 0 Å². The van der Waals surface area contributed by atoms with E-state index in [0.717, 1.165) is 10.5 Å². The molecule has 1 saturated heterocycles. The predicted molar refractivity (Wildman–Crippen MR) is 112 cm³/mol. The maximum Gasteiger partial charge on any atom is 0.270 e. The minimum Gasteiger partial charge on any atom is -0.457 e. The zero-order valence-electron chi connectivity index (χ0n) is 14.7. The van der Waals surface area contributed by atoms with Crippen molar-refractivity contribution in [3.05, 3.63) is 82.8 Å². The first-order chi connectivity index (χ1) is 13.9. The number of furan rings is 1. The van der Waals surface area contributed by atoms with Crippen LogP contribution in [0, 0.1) is 5.82 Å². The van der Waals surface area contributed by atoms with Gasteiger partial charge in [0.25, 0.3) is 11.8 Å². The number of anilines is 1. The van der Waals surface area contributed by atoms with Gasteiger partial charge < -0.3 is 4.42 Å². The molecule has 3 aromatic rings. The standard InChI is InChI=1S/C21H12ClFN2O3S/c22-13-3-1-12(2-4-13)18-10-9-16(28-18)11-17-19(26)24-21(29)25(20(17)27)15-7-5-14(23)6-8-15/h1-11H,(H,24,26,29)/b17-11+. The molecule has 1 aromatic heterocycles. The van der Waals surface area contributed by atoms with Crippen LogP contribution in [0.4, 0.5) is 10.1 Å². The predicted octanol–water partition coefficient (Wildman–Crippen LogP) is 4.57. The van der Waals surface area contributed by atoms with E-state index in [2.05, 4.69) is 5.32 Å². The fourth-order valence-electron chi connectivity index (χ4n) is 2.82. The number of thiocarbonyl (C=S) groups is 1. The Morgan fingerprint density at radius 2 is 1.69 bits per heavy atom. The number of carbonyl (C=O) groups excluding carboxylic acids is 2. The van der Waals surface area contributed by atoms with Crippen LogP contribution >= 0.6 is 23.8 Å². The van der Waals surface area contributed by atoms with Crippen molar-refractivity contribution in [1.82, 2.24) is 5.32 Å². The summed E-state index contributed by atoms with van der Waals surface area (Å²) < 4.78 is 18.9. The van der Waals surface area contributed by atoms with Crippen molar-refractivity contribution in [2.45, 2.75) is 0 Å². The van der Waals surface area contributed by atoms with E-state index in [0.29, 0.717) is 22.2 Å². The van der Waals surface area contributed by atoms with Crippen LogP contribution in [0.25, 0.3) is 17.4 Å². The normalized spacial score (nSPS) is 15.7. The van der Waals surface area contributed by atoms with E-state index in [9.17, 15) is 14.0 Å². The van der Waals surface area contributed by atoms with Gasteiger partial charge in [0.05, 0.1) is 5.69 Å². The van der Waals surface area contributed by atoms with Gasteiger partial charge >= 0.3 is 0 Å². The average Bonchev–Trinajstić information content (AvgIpc) is 3.16. The summed E-state index contributed by atoms with van der Waals surface area (Å²) in [5, 5.41) is 2.99. The minimum absolute atomic E-state index is 0.0787. The zero-order chi connectivity index (χ0) is 20.5. The lowest BCUT2D eigenvalue weighted by molar-refractivity contribution is -0.122. The lowest BCUT2D eigenvalue weighted by Crippen LogP contribution is -2.54. The maximum absolute atomic E-state index is 13.2. The van der Waals surface area contributed by atoms with E-state index in [1.807, 2.05) is 0 Å². The number of hydrogen-bond donors (Lipinski definition) is 1. The molecule has 1 aliphatic rings. The molecule has 2 heterocycles. The zero-order valence-corrected chi connectivity index (χ0v) is 16.3. The summed E-state index contributed by atoms with van der Waals surface area (Å²) in [6.45, 7) is 0. The molecule has 2 amide bonds. The van der Waals surface area contributed by atoms with Gasteiger partial charge in [0.2, 0.25) is 0 Å². The Labute approximate surface area is 175 Å². The quantitative estimate of drug-likeness (QED) is 0.378. The van der Waals surface area contributed by atoms with Gasteiger partial charge in [-0.1, -0.05) is 11.6 Å². The SMILES string of the molecule is O=C1NC(=S)N(c2ccc(F)cc2)C(=O)/C1=C/c1ccc(-c2ccc(Cl)cc2)o1. The molecule has 8 heteroatoms. The first-order valence-corrected chi connectivity index (χ1v) is 9.24. The van der Waals surface area contributed by atoms with Gasteiger partial charge in [-0.2, -0.15) is 0 Å². The van der Waals surface area contributed by atoms with Gasteiger partial charge in [-0.25, -0.2) is 4.39 Å². The third kappa shape index (κ3) is 3.83. The highest BCUT2D eigenvalue weighted by Gasteiger charge is 2.34. The largest absolute Gasteiger partial charge is 0.457 e. The second kappa shape index (κ2) is 7.62. The summed E-state index contributed by atoms with van der Waals surface area (Å²) in [6, 6.07) is 15.6. The molecule has 0 unspecified atom stereocenters. The topological polar surface area (TPSA) is 62.6 Å². The highest BCUT2D eigenvalue weighted by atomic mass is 35.5. The van der Waals surface area contributed by atoms with Gasteiger partial charge in [0, 0.05) is 10.6 Å². The first kappa shape index (κ1) is 19.0.